The second-order valence-corrected chi connectivity index (χ2v) is 8.68. The number of Topliss-reactive ketones (excluding diaryl/α,β-unsaturated/α-hetero) is 1. The van der Waals surface area contributed by atoms with Gasteiger partial charge < -0.3 is 14.7 Å². The lowest BCUT2D eigenvalue weighted by molar-refractivity contribution is 0.0692. The van der Waals surface area contributed by atoms with Crippen LogP contribution in [0.2, 0.25) is 0 Å². The number of ether oxygens (including phenoxy) is 1. The first-order chi connectivity index (χ1) is 14.6. The molecule has 0 aliphatic carbocycles. The van der Waals surface area contributed by atoms with Gasteiger partial charge >= 0.3 is 5.97 Å². The van der Waals surface area contributed by atoms with Crippen molar-refractivity contribution in [3.8, 4) is 5.75 Å². The maximum Gasteiger partial charge on any atom is 0.339 e. The zero-order chi connectivity index (χ0) is 22.9. The van der Waals surface area contributed by atoms with Gasteiger partial charge in [0.25, 0.3) is 0 Å². The number of carbonyl (C=O) groups excluding carboxylic acids is 1. The van der Waals surface area contributed by atoms with E-state index in [2.05, 4.69) is 4.98 Å². The zero-order valence-electron chi connectivity index (χ0n) is 18.7. The minimum atomic E-state index is -1.14. The first-order valence-electron chi connectivity index (χ1n) is 10.5. The second kappa shape index (κ2) is 8.49. The smallest absolute Gasteiger partial charge is 0.339 e. The summed E-state index contributed by atoms with van der Waals surface area (Å²) in [5.74, 6) is -0.860. The Hall–Kier alpha value is -3.22. The molecule has 7 nitrogen and oxygen atoms in total. The summed E-state index contributed by atoms with van der Waals surface area (Å²) in [4.78, 5) is 31.3. The maximum atomic E-state index is 13.2. The van der Waals surface area contributed by atoms with Crippen molar-refractivity contribution in [1.29, 1.82) is 5.41 Å². The summed E-state index contributed by atoms with van der Waals surface area (Å²) >= 11 is 0. The Morgan fingerprint density at radius 2 is 1.94 bits per heavy atom. The fourth-order valence-electron chi connectivity index (χ4n) is 3.70. The van der Waals surface area contributed by atoms with Crippen LogP contribution in [0, 0.1) is 5.41 Å². The fraction of sp³-hybridized carbons (Fsp3) is 0.417. The van der Waals surface area contributed by atoms with Crippen LogP contribution in [0.1, 0.15) is 77.8 Å². The van der Waals surface area contributed by atoms with Crippen LogP contribution in [0.4, 0.5) is 0 Å². The van der Waals surface area contributed by atoms with Gasteiger partial charge in [-0.3, -0.25) is 10.2 Å². The molecule has 0 bridgehead atoms. The topological polar surface area (TPSA) is 104 Å². The van der Waals surface area contributed by atoms with Crippen LogP contribution in [0.3, 0.4) is 0 Å². The van der Waals surface area contributed by atoms with E-state index in [-0.39, 0.29) is 23.7 Å². The van der Waals surface area contributed by atoms with Gasteiger partial charge in [0.1, 0.15) is 22.8 Å². The molecule has 0 amide bonds. The summed E-state index contributed by atoms with van der Waals surface area (Å²) in [5, 5.41) is 18.2. The summed E-state index contributed by atoms with van der Waals surface area (Å²) in [5.41, 5.74) is 2.98. The van der Waals surface area contributed by atoms with Crippen molar-refractivity contribution in [2.75, 3.05) is 13.2 Å². The molecule has 0 atom stereocenters. The minimum absolute atomic E-state index is 0.0206. The molecule has 31 heavy (non-hydrogen) atoms. The third-order valence-electron chi connectivity index (χ3n) is 5.37. The number of pyridine rings is 1. The molecule has 0 fully saturated rings. The van der Waals surface area contributed by atoms with E-state index in [4.69, 9.17) is 10.1 Å². The molecular formula is C24H29N3O4. The van der Waals surface area contributed by atoms with E-state index in [9.17, 15) is 14.7 Å². The van der Waals surface area contributed by atoms with Crippen LogP contribution < -0.4 is 4.74 Å². The molecule has 0 radical (unpaired) electrons. The molecule has 2 heterocycles. The number of nitrogens with zero attached hydrogens (tertiary/aromatic N) is 2. The Morgan fingerprint density at radius 3 is 2.52 bits per heavy atom. The molecule has 7 heteroatoms. The number of amidine groups is 1. The van der Waals surface area contributed by atoms with Crippen LogP contribution in [-0.2, 0) is 18.4 Å². The SMILES string of the molecule is CCOc1c(C(=O)O)cc(C(=O)CN2Cc3ccc(CC)nc3C2=N)cc1C(C)(C)C. The van der Waals surface area contributed by atoms with Gasteiger partial charge in [-0.25, -0.2) is 9.78 Å². The number of carboxylic acid groups (broad SMARTS) is 1. The number of hydrogen-bond donors (Lipinski definition) is 2. The molecule has 0 saturated heterocycles. The van der Waals surface area contributed by atoms with Crippen LogP contribution in [-0.4, -0.2) is 45.7 Å². The highest BCUT2D eigenvalue weighted by Gasteiger charge is 2.30. The van der Waals surface area contributed by atoms with Gasteiger partial charge in [0.05, 0.1) is 13.2 Å². The average molecular weight is 424 g/mol. The molecule has 3 rings (SSSR count). The van der Waals surface area contributed by atoms with Crippen molar-refractivity contribution in [3.05, 3.63) is 57.9 Å². The number of aromatic carboxylic acids is 1. The number of hydrogen-bond acceptors (Lipinski definition) is 5. The van der Waals surface area contributed by atoms with E-state index in [1.807, 2.05) is 39.8 Å². The molecule has 0 saturated carbocycles. The van der Waals surface area contributed by atoms with E-state index < -0.39 is 11.4 Å². The lowest BCUT2D eigenvalue weighted by Gasteiger charge is -2.25. The van der Waals surface area contributed by atoms with E-state index in [1.165, 1.54) is 6.07 Å². The molecule has 2 aromatic rings. The van der Waals surface area contributed by atoms with E-state index >= 15 is 0 Å². The van der Waals surface area contributed by atoms with Crippen molar-refractivity contribution in [2.24, 2.45) is 0 Å². The zero-order valence-corrected chi connectivity index (χ0v) is 18.7. The monoisotopic (exact) mass is 423 g/mol. The van der Waals surface area contributed by atoms with Crippen molar-refractivity contribution in [2.45, 2.75) is 53.0 Å². The number of benzene rings is 1. The number of fused-ring (bicyclic) bond motifs is 1. The predicted octanol–water partition coefficient (Wildman–Crippen LogP) is 4.06. The Kier molecular flexibility index (Phi) is 6.15. The Bertz CT molecular complexity index is 1050. The van der Waals surface area contributed by atoms with Gasteiger partial charge in [-0.15, -0.1) is 0 Å². The van der Waals surface area contributed by atoms with Gasteiger partial charge in [-0.1, -0.05) is 33.8 Å². The van der Waals surface area contributed by atoms with E-state index in [1.54, 1.807) is 17.9 Å². The lowest BCUT2D eigenvalue weighted by Crippen LogP contribution is -2.31. The second-order valence-electron chi connectivity index (χ2n) is 8.68. The molecule has 0 spiro atoms. The van der Waals surface area contributed by atoms with E-state index in [0.29, 0.717) is 35.7 Å². The molecule has 2 N–H and O–H groups in total. The number of carboxylic acids is 1. The molecule has 1 aliphatic rings. The molecular weight excluding hydrogens is 394 g/mol. The van der Waals surface area contributed by atoms with Crippen molar-refractivity contribution >= 4 is 17.6 Å². The summed E-state index contributed by atoms with van der Waals surface area (Å²) in [6.45, 7) is 10.4. The van der Waals surface area contributed by atoms with Crippen molar-refractivity contribution < 1.29 is 19.4 Å². The fourth-order valence-corrected chi connectivity index (χ4v) is 3.70. The number of carbonyl (C=O) groups is 2. The van der Waals surface area contributed by atoms with Gasteiger partial charge in [-0.05, 0) is 37.0 Å². The first kappa shape index (κ1) is 22.5. The highest BCUT2D eigenvalue weighted by molar-refractivity contribution is 6.05. The highest BCUT2D eigenvalue weighted by Crippen LogP contribution is 2.36. The summed E-state index contributed by atoms with van der Waals surface area (Å²) in [6, 6.07) is 7.00. The lowest BCUT2D eigenvalue weighted by atomic mass is 9.83. The summed E-state index contributed by atoms with van der Waals surface area (Å²) in [6.07, 6.45) is 0.777. The molecule has 1 aliphatic heterocycles. The molecule has 1 aromatic heterocycles. The molecule has 164 valence electrons. The number of aromatic nitrogens is 1. The van der Waals surface area contributed by atoms with Gasteiger partial charge in [0.15, 0.2) is 5.78 Å². The Balaban J connectivity index is 1.94. The van der Waals surface area contributed by atoms with Crippen LogP contribution in [0.25, 0.3) is 0 Å². The number of rotatable bonds is 7. The standard InChI is InChI=1S/C24H29N3O4/c1-6-16-9-8-14-12-27(22(25)20(14)26-16)13-19(28)15-10-17(23(29)30)21(31-7-2)18(11-15)24(3,4)5/h8-11,25H,6-7,12-13H2,1-5H3,(H,29,30). The number of ketones is 1. The van der Waals surface area contributed by atoms with Crippen molar-refractivity contribution in [3.63, 3.8) is 0 Å². The van der Waals surface area contributed by atoms with E-state index in [0.717, 1.165) is 17.7 Å². The van der Waals surface area contributed by atoms with Crippen LogP contribution >= 0.6 is 0 Å². The average Bonchev–Trinajstić information content (AvgIpc) is 3.01. The largest absolute Gasteiger partial charge is 0.493 e. The summed E-state index contributed by atoms with van der Waals surface area (Å²) < 4.78 is 5.66. The van der Waals surface area contributed by atoms with Crippen molar-refractivity contribution in [1.82, 2.24) is 9.88 Å². The van der Waals surface area contributed by atoms with Crippen LogP contribution in [0.15, 0.2) is 24.3 Å². The number of aryl methyl sites for hydroxylation is 1. The Labute approximate surface area is 182 Å². The van der Waals surface area contributed by atoms with Gasteiger partial charge in [-0.2, -0.15) is 0 Å². The predicted molar refractivity (Wildman–Crippen MR) is 118 cm³/mol. The van der Waals surface area contributed by atoms with Crippen LogP contribution in [0.5, 0.6) is 5.75 Å². The maximum absolute atomic E-state index is 13.2. The minimum Gasteiger partial charge on any atom is -0.493 e. The first-order valence-corrected chi connectivity index (χ1v) is 10.5. The van der Waals surface area contributed by atoms with Gasteiger partial charge in [0.2, 0.25) is 0 Å². The van der Waals surface area contributed by atoms with Gasteiger partial charge in [0, 0.05) is 28.9 Å². The summed E-state index contributed by atoms with van der Waals surface area (Å²) in [7, 11) is 0. The molecule has 0 unspecified atom stereocenters. The molecule has 1 aromatic carbocycles. The quantitative estimate of drug-likeness (QED) is 0.651. The Morgan fingerprint density at radius 1 is 1.23 bits per heavy atom. The third kappa shape index (κ3) is 4.45. The third-order valence-corrected chi connectivity index (χ3v) is 5.37. The normalized spacial score (nSPS) is 13.3. The number of nitrogens with one attached hydrogen (secondary N) is 1. The highest BCUT2D eigenvalue weighted by atomic mass is 16.5.